The monoisotopic (exact) mass is 246 g/mol. The van der Waals surface area contributed by atoms with Crippen molar-refractivity contribution in [1.29, 1.82) is 0 Å². The molecule has 2 rings (SSSR count). The van der Waals surface area contributed by atoms with Crippen LogP contribution in [0, 0.1) is 6.92 Å². The van der Waals surface area contributed by atoms with Gasteiger partial charge in [-0.2, -0.15) is 5.10 Å². The summed E-state index contributed by atoms with van der Waals surface area (Å²) in [5.74, 6) is 0.945. The van der Waals surface area contributed by atoms with Crippen LogP contribution in [0.3, 0.4) is 0 Å². The summed E-state index contributed by atoms with van der Waals surface area (Å²) < 4.78 is 5.48. The molecule has 18 heavy (non-hydrogen) atoms. The van der Waals surface area contributed by atoms with Crippen molar-refractivity contribution in [3.05, 3.63) is 36.0 Å². The van der Waals surface area contributed by atoms with E-state index in [2.05, 4.69) is 30.1 Å². The zero-order valence-corrected chi connectivity index (χ0v) is 11.7. The number of aromatic amines is 1. The topological polar surface area (TPSA) is 37.9 Å². The van der Waals surface area contributed by atoms with E-state index in [-0.39, 0.29) is 0 Å². The highest BCUT2D eigenvalue weighted by molar-refractivity contribution is 5.61. The third-order valence-electron chi connectivity index (χ3n) is 2.29. The summed E-state index contributed by atoms with van der Waals surface area (Å²) in [6, 6.07) is 8.08. The van der Waals surface area contributed by atoms with Crippen LogP contribution in [-0.2, 0) is 0 Å². The molecule has 0 unspecified atom stereocenters. The fraction of sp³-hybridized carbons (Fsp3) is 0.400. The van der Waals surface area contributed by atoms with Gasteiger partial charge in [0.1, 0.15) is 5.75 Å². The molecule has 3 nitrogen and oxygen atoms in total. The van der Waals surface area contributed by atoms with Gasteiger partial charge in [0, 0.05) is 11.8 Å². The lowest BCUT2D eigenvalue weighted by Crippen LogP contribution is -1.94. The van der Waals surface area contributed by atoms with Gasteiger partial charge in [-0.3, -0.25) is 5.10 Å². The second-order valence-corrected chi connectivity index (χ2v) is 4.09. The third-order valence-corrected chi connectivity index (χ3v) is 2.29. The van der Waals surface area contributed by atoms with Crippen LogP contribution in [0.25, 0.3) is 11.3 Å². The van der Waals surface area contributed by atoms with Gasteiger partial charge in [0.15, 0.2) is 0 Å². The maximum absolute atomic E-state index is 5.48. The van der Waals surface area contributed by atoms with Crippen molar-refractivity contribution in [1.82, 2.24) is 10.2 Å². The number of nitrogens with one attached hydrogen (secondary N) is 1. The van der Waals surface area contributed by atoms with Gasteiger partial charge >= 0.3 is 0 Å². The minimum Gasteiger partial charge on any atom is -0.494 e. The largest absolute Gasteiger partial charge is 0.494 e. The highest BCUT2D eigenvalue weighted by Crippen LogP contribution is 2.24. The number of H-pyrrole nitrogens is 1. The average Bonchev–Trinajstić information content (AvgIpc) is 2.87. The van der Waals surface area contributed by atoms with Crippen molar-refractivity contribution >= 4 is 0 Å². The minimum absolute atomic E-state index is 0.699. The van der Waals surface area contributed by atoms with Gasteiger partial charge in [-0.05, 0) is 43.7 Å². The molecule has 0 atom stereocenters. The molecule has 98 valence electrons. The number of rotatable bonds is 3. The quantitative estimate of drug-likeness (QED) is 0.881. The van der Waals surface area contributed by atoms with E-state index in [1.165, 1.54) is 6.42 Å². The van der Waals surface area contributed by atoms with Crippen LogP contribution >= 0.6 is 0 Å². The van der Waals surface area contributed by atoms with Gasteiger partial charge in [0.05, 0.1) is 12.3 Å². The van der Waals surface area contributed by atoms with Gasteiger partial charge < -0.3 is 4.74 Å². The molecule has 3 heteroatoms. The normalized spacial score (nSPS) is 9.56. The minimum atomic E-state index is 0.699. The Bertz CT molecular complexity index is 450. The maximum Gasteiger partial charge on any atom is 0.122 e. The van der Waals surface area contributed by atoms with E-state index in [4.69, 9.17) is 4.74 Å². The third kappa shape index (κ3) is 3.91. The van der Waals surface area contributed by atoms with Crippen LogP contribution in [0.1, 0.15) is 32.8 Å². The molecule has 0 saturated carbocycles. The molecule has 0 fully saturated rings. The van der Waals surface area contributed by atoms with E-state index in [1.54, 1.807) is 6.20 Å². The lowest BCUT2D eigenvalue weighted by Gasteiger charge is -2.07. The first-order valence-corrected chi connectivity index (χ1v) is 6.46. The van der Waals surface area contributed by atoms with E-state index in [9.17, 15) is 0 Å². The number of aryl methyl sites for hydroxylation is 1. The average molecular weight is 246 g/mol. The van der Waals surface area contributed by atoms with Crippen LogP contribution in [-0.4, -0.2) is 16.8 Å². The number of hydrogen-bond acceptors (Lipinski definition) is 2. The van der Waals surface area contributed by atoms with E-state index in [0.717, 1.165) is 22.6 Å². The standard InChI is InChI=1S/C12H14N2O.C3H8/c1-3-15-12-5-4-10(8-9(12)2)11-6-7-13-14-11;1-3-2/h4-8H,3H2,1-2H3,(H,13,14);3H2,1-2H3. The van der Waals surface area contributed by atoms with Crippen LogP contribution in [0.15, 0.2) is 30.5 Å². The molecule has 1 aromatic carbocycles. The first-order chi connectivity index (χ1) is 8.72. The smallest absolute Gasteiger partial charge is 0.122 e. The van der Waals surface area contributed by atoms with Crippen molar-refractivity contribution in [3.63, 3.8) is 0 Å². The number of aromatic nitrogens is 2. The van der Waals surface area contributed by atoms with Crippen LogP contribution in [0.5, 0.6) is 5.75 Å². The Kier molecular flexibility index (Phi) is 5.98. The van der Waals surface area contributed by atoms with Gasteiger partial charge in [0.2, 0.25) is 0 Å². The second-order valence-electron chi connectivity index (χ2n) is 4.09. The summed E-state index contributed by atoms with van der Waals surface area (Å²) in [6.07, 6.45) is 3.00. The van der Waals surface area contributed by atoms with Crippen molar-refractivity contribution in [2.45, 2.75) is 34.1 Å². The number of hydrogen-bond donors (Lipinski definition) is 1. The Balaban J connectivity index is 0.000000492. The van der Waals surface area contributed by atoms with E-state index >= 15 is 0 Å². The highest BCUT2D eigenvalue weighted by atomic mass is 16.5. The summed E-state index contributed by atoms with van der Waals surface area (Å²) in [4.78, 5) is 0. The second kappa shape index (κ2) is 7.54. The molecular formula is C15H22N2O. The van der Waals surface area contributed by atoms with Gasteiger partial charge in [-0.1, -0.05) is 20.3 Å². The number of nitrogens with zero attached hydrogens (tertiary/aromatic N) is 1. The molecule has 0 aliphatic carbocycles. The molecule has 0 saturated heterocycles. The predicted molar refractivity (Wildman–Crippen MR) is 75.9 cm³/mol. The fourth-order valence-electron chi connectivity index (χ4n) is 1.55. The molecule has 0 amide bonds. The van der Waals surface area contributed by atoms with Crippen molar-refractivity contribution in [2.24, 2.45) is 0 Å². The Morgan fingerprint density at radius 1 is 1.17 bits per heavy atom. The van der Waals surface area contributed by atoms with Gasteiger partial charge in [-0.25, -0.2) is 0 Å². The molecule has 0 spiro atoms. The molecule has 1 aromatic heterocycles. The molecule has 2 aromatic rings. The lowest BCUT2D eigenvalue weighted by molar-refractivity contribution is 0.338. The zero-order chi connectivity index (χ0) is 13.4. The highest BCUT2D eigenvalue weighted by Gasteiger charge is 2.03. The molecule has 0 aliphatic heterocycles. The van der Waals surface area contributed by atoms with Gasteiger partial charge in [-0.15, -0.1) is 0 Å². The summed E-state index contributed by atoms with van der Waals surface area (Å²) in [7, 11) is 0. The Morgan fingerprint density at radius 3 is 2.39 bits per heavy atom. The Labute approximate surface area is 109 Å². The van der Waals surface area contributed by atoms with Crippen LogP contribution in [0.4, 0.5) is 0 Å². The molecule has 1 heterocycles. The maximum atomic E-state index is 5.48. The van der Waals surface area contributed by atoms with Crippen LogP contribution < -0.4 is 4.74 Å². The van der Waals surface area contributed by atoms with E-state index in [1.807, 2.05) is 32.0 Å². The van der Waals surface area contributed by atoms with E-state index < -0.39 is 0 Å². The first kappa shape index (κ1) is 14.3. The number of ether oxygens (including phenoxy) is 1. The molecular weight excluding hydrogens is 224 g/mol. The molecule has 1 N–H and O–H groups in total. The summed E-state index contributed by atoms with van der Waals surface area (Å²) >= 11 is 0. The van der Waals surface area contributed by atoms with Crippen LogP contribution in [0.2, 0.25) is 0 Å². The van der Waals surface area contributed by atoms with Crippen molar-refractivity contribution in [3.8, 4) is 17.0 Å². The molecule has 0 radical (unpaired) electrons. The Hall–Kier alpha value is -1.77. The fourth-order valence-corrected chi connectivity index (χ4v) is 1.55. The first-order valence-electron chi connectivity index (χ1n) is 6.46. The number of benzene rings is 1. The van der Waals surface area contributed by atoms with Crippen molar-refractivity contribution in [2.75, 3.05) is 6.61 Å². The van der Waals surface area contributed by atoms with Crippen molar-refractivity contribution < 1.29 is 4.74 Å². The summed E-state index contributed by atoms with van der Waals surface area (Å²) in [6.45, 7) is 8.98. The van der Waals surface area contributed by atoms with Gasteiger partial charge in [0.25, 0.3) is 0 Å². The predicted octanol–water partition coefficient (Wildman–Crippen LogP) is 4.20. The lowest BCUT2D eigenvalue weighted by atomic mass is 10.1. The summed E-state index contributed by atoms with van der Waals surface area (Å²) in [5, 5.41) is 6.87. The SMILES string of the molecule is CCC.CCOc1ccc(-c2ccn[nH]2)cc1C. The van der Waals surface area contributed by atoms with E-state index in [0.29, 0.717) is 6.61 Å². The molecule has 0 aliphatic rings. The molecule has 0 bridgehead atoms. The Morgan fingerprint density at radius 2 is 1.89 bits per heavy atom. The zero-order valence-electron chi connectivity index (χ0n) is 11.7. The summed E-state index contributed by atoms with van der Waals surface area (Å²) in [5.41, 5.74) is 3.30.